The van der Waals surface area contributed by atoms with E-state index in [-0.39, 0.29) is 12.5 Å². The molecule has 1 amide bonds. The minimum Gasteiger partial charge on any atom is -0.497 e. The fourth-order valence-corrected chi connectivity index (χ4v) is 2.57. The summed E-state index contributed by atoms with van der Waals surface area (Å²) >= 11 is 0. The maximum atomic E-state index is 11.9. The smallest absolute Gasteiger partial charge is 0.241 e. The van der Waals surface area contributed by atoms with Crippen molar-refractivity contribution in [3.05, 3.63) is 60.0 Å². The number of guanidine groups is 1. The van der Waals surface area contributed by atoms with Crippen molar-refractivity contribution >= 4 is 17.5 Å². The Morgan fingerprint density at radius 1 is 1.14 bits per heavy atom. The first-order chi connectivity index (χ1) is 14.1. The van der Waals surface area contributed by atoms with Crippen LogP contribution in [0.1, 0.15) is 11.4 Å². The van der Waals surface area contributed by atoms with Gasteiger partial charge in [-0.15, -0.1) is 10.2 Å². The molecule has 9 heteroatoms. The molecule has 0 saturated heterocycles. The van der Waals surface area contributed by atoms with Gasteiger partial charge in [-0.3, -0.25) is 9.20 Å². The molecule has 9 nitrogen and oxygen atoms in total. The normalized spacial score (nSPS) is 11.3. The average Bonchev–Trinajstić information content (AvgIpc) is 3.16. The fourth-order valence-electron chi connectivity index (χ4n) is 2.57. The summed E-state index contributed by atoms with van der Waals surface area (Å²) in [4.78, 5) is 18.1. The molecule has 0 saturated carbocycles. The van der Waals surface area contributed by atoms with Gasteiger partial charge >= 0.3 is 0 Å². The number of benzene rings is 1. The van der Waals surface area contributed by atoms with E-state index >= 15 is 0 Å². The zero-order chi connectivity index (χ0) is 20.6. The van der Waals surface area contributed by atoms with E-state index in [1.165, 1.54) is 4.90 Å². The van der Waals surface area contributed by atoms with Crippen molar-refractivity contribution in [1.29, 1.82) is 0 Å². The van der Waals surface area contributed by atoms with Crippen LogP contribution in [0.15, 0.2) is 53.7 Å². The molecular formula is C20H25N7O2. The first-order valence-corrected chi connectivity index (χ1v) is 9.20. The van der Waals surface area contributed by atoms with Gasteiger partial charge in [-0.25, -0.2) is 4.99 Å². The Labute approximate surface area is 169 Å². The third kappa shape index (κ3) is 5.44. The predicted octanol–water partition coefficient (Wildman–Crippen LogP) is 1.06. The zero-order valence-electron chi connectivity index (χ0n) is 16.8. The molecule has 0 radical (unpaired) electrons. The van der Waals surface area contributed by atoms with Crippen molar-refractivity contribution in [1.82, 2.24) is 30.1 Å². The zero-order valence-corrected chi connectivity index (χ0v) is 16.8. The van der Waals surface area contributed by atoms with Gasteiger partial charge in [-0.05, 0) is 29.8 Å². The number of nitrogens with zero attached hydrogens (tertiary/aromatic N) is 5. The molecule has 0 aliphatic heterocycles. The van der Waals surface area contributed by atoms with E-state index in [9.17, 15) is 4.79 Å². The third-order valence-corrected chi connectivity index (χ3v) is 4.28. The number of carbonyl (C=O) groups is 1. The molecule has 2 heterocycles. The number of nitrogens with one attached hydrogen (secondary N) is 2. The van der Waals surface area contributed by atoms with Gasteiger partial charge in [0, 0.05) is 20.3 Å². The number of carbonyl (C=O) groups excluding carboxylic acids is 1. The van der Waals surface area contributed by atoms with Crippen LogP contribution in [0, 0.1) is 0 Å². The number of methoxy groups -OCH3 is 1. The molecule has 0 bridgehead atoms. The molecule has 0 atom stereocenters. The molecule has 0 unspecified atom stereocenters. The van der Waals surface area contributed by atoms with Crippen molar-refractivity contribution in [2.45, 2.75) is 13.1 Å². The fraction of sp³-hybridized carbons (Fsp3) is 0.300. The molecule has 1 aromatic carbocycles. The maximum Gasteiger partial charge on any atom is 0.241 e. The highest BCUT2D eigenvalue weighted by atomic mass is 16.5. The molecule has 0 spiro atoms. The second-order valence-corrected chi connectivity index (χ2v) is 6.55. The van der Waals surface area contributed by atoms with Crippen LogP contribution in [-0.2, 0) is 17.9 Å². The van der Waals surface area contributed by atoms with Gasteiger partial charge < -0.3 is 20.3 Å². The maximum absolute atomic E-state index is 11.9. The van der Waals surface area contributed by atoms with E-state index < -0.39 is 0 Å². The summed E-state index contributed by atoms with van der Waals surface area (Å²) < 4.78 is 7.08. The van der Waals surface area contributed by atoms with Crippen LogP contribution in [0.4, 0.5) is 0 Å². The van der Waals surface area contributed by atoms with Gasteiger partial charge in [-0.2, -0.15) is 0 Å². The molecule has 152 valence electrons. The van der Waals surface area contributed by atoms with Gasteiger partial charge in [0.25, 0.3) is 0 Å². The van der Waals surface area contributed by atoms with Crippen molar-refractivity contribution in [3.63, 3.8) is 0 Å². The van der Waals surface area contributed by atoms with Gasteiger partial charge in [-0.1, -0.05) is 18.2 Å². The highest BCUT2D eigenvalue weighted by molar-refractivity contribution is 5.86. The summed E-state index contributed by atoms with van der Waals surface area (Å²) in [5.74, 6) is 2.02. The molecule has 0 aliphatic rings. The number of hydrogen-bond donors (Lipinski definition) is 2. The molecule has 29 heavy (non-hydrogen) atoms. The Morgan fingerprint density at radius 2 is 1.93 bits per heavy atom. The third-order valence-electron chi connectivity index (χ3n) is 4.28. The van der Waals surface area contributed by atoms with Crippen molar-refractivity contribution in [2.24, 2.45) is 4.99 Å². The summed E-state index contributed by atoms with van der Waals surface area (Å²) in [6.07, 6.45) is 1.91. The topological polar surface area (TPSA) is 96.1 Å². The number of pyridine rings is 1. The number of hydrogen-bond acceptors (Lipinski definition) is 5. The molecule has 2 aromatic heterocycles. The number of amides is 1. The predicted molar refractivity (Wildman–Crippen MR) is 111 cm³/mol. The minimum absolute atomic E-state index is 0.0446. The Morgan fingerprint density at radius 3 is 2.66 bits per heavy atom. The number of fused-ring (bicyclic) bond motifs is 1. The summed E-state index contributed by atoms with van der Waals surface area (Å²) in [6, 6.07) is 13.4. The molecule has 2 N–H and O–H groups in total. The van der Waals surface area contributed by atoms with E-state index in [4.69, 9.17) is 4.74 Å². The Balaban J connectivity index is 1.69. The van der Waals surface area contributed by atoms with Crippen LogP contribution in [0.25, 0.3) is 5.65 Å². The van der Waals surface area contributed by atoms with Crippen molar-refractivity contribution in [3.8, 4) is 5.75 Å². The van der Waals surface area contributed by atoms with Gasteiger partial charge in [0.05, 0.1) is 26.7 Å². The van der Waals surface area contributed by atoms with E-state index in [0.717, 1.165) is 22.8 Å². The quantitative estimate of drug-likeness (QED) is 0.459. The summed E-state index contributed by atoms with van der Waals surface area (Å²) in [6.45, 7) is 1.01. The largest absolute Gasteiger partial charge is 0.497 e. The number of aliphatic imine (C=N–C) groups is 1. The van der Waals surface area contributed by atoms with Crippen LogP contribution < -0.4 is 15.4 Å². The second kappa shape index (κ2) is 9.54. The van der Waals surface area contributed by atoms with Crippen LogP contribution in [0.3, 0.4) is 0 Å². The Bertz CT molecular complexity index is 980. The van der Waals surface area contributed by atoms with Gasteiger partial charge in [0.2, 0.25) is 5.91 Å². The van der Waals surface area contributed by atoms with Crippen molar-refractivity contribution < 1.29 is 9.53 Å². The number of rotatable bonds is 7. The monoisotopic (exact) mass is 395 g/mol. The lowest BCUT2D eigenvalue weighted by atomic mass is 10.2. The Kier molecular flexibility index (Phi) is 6.62. The average molecular weight is 395 g/mol. The van der Waals surface area contributed by atoms with E-state index in [0.29, 0.717) is 19.0 Å². The number of ether oxygens (including phenoxy) is 1. The van der Waals surface area contributed by atoms with E-state index in [1.807, 2.05) is 53.1 Å². The minimum atomic E-state index is -0.0446. The van der Waals surface area contributed by atoms with Crippen LogP contribution in [0.2, 0.25) is 0 Å². The van der Waals surface area contributed by atoms with E-state index in [2.05, 4.69) is 25.8 Å². The Hall–Kier alpha value is -3.62. The highest BCUT2D eigenvalue weighted by Gasteiger charge is 2.09. The lowest BCUT2D eigenvalue weighted by Gasteiger charge is -2.14. The summed E-state index contributed by atoms with van der Waals surface area (Å²) in [5, 5.41) is 14.6. The standard InChI is InChI=1S/C20H25N7O2/c1-26(2)19(28)14-23-20(21-12-15-7-9-16(29-3)10-8-15)22-13-18-25-24-17-6-4-5-11-27(17)18/h4-11H,12-14H2,1-3H3,(H2,21,22,23). The summed E-state index contributed by atoms with van der Waals surface area (Å²) in [7, 11) is 5.07. The molecule has 3 aromatic rings. The highest BCUT2D eigenvalue weighted by Crippen LogP contribution is 2.11. The van der Waals surface area contributed by atoms with Crippen LogP contribution >= 0.6 is 0 Å². The first-order valence-electron chi connectivity index (χ1n) is 9.20. The van der Waals surface area contributed by atoms with Gasteiger partial charge in [0.1, 0.15) is 5.75 Å². The van der Waals surface area contributed by atoms with Crippen LogP contribution in [0.5, 0.6) is 5.75 Å². The molecule has 0 fully saturated rings. The lowest BCUT2D eigenvalue weighted by molar-refractivity contribution is -0.127. The molecule has 0 aliphatic carbocycles. The molecule has 3 rings (SSSR count). The van der Waals surface area contributed by atoms with E-state index in [1.54, 1.807) is 21.2 Å². The summed E-state index contributed by atoms with van der Waals surface area (Å²) in [5.41, 5.74) is 1.80. The number of likely N-dealkylation sites (N-methyl/N-ethyl adjacent to an activating group) is 1. The van der Waals surface area contributed by atoms with Gasteiger partial charge in [0.15, 0.2) is 17.4 Å². The van der Waals surface area contributed by atoms with Crippen molar-refractivity contribution in [2.75, 3.05) is 27.7 Å². The second-order valence-electron chi connectivity index (χ2n) is 6.55. The molecular weight excluding hydrogens is 370 g/mol. The SMILES string of the molecule is COc1ccc(CN=C(NCC(=O)N(C)C)NCc2nnc3ccccn23)cc1. The van der Waals surface area contributed by atoms with Crippen LogP contribution in [-0.4, -0.2) is 59.1 Å². The first kappa shape index (κ1) is 20.1. The lowest BCUT2D eigenvalue weighted by Crippen LogP contribution is -2.42. The number of aromatic nitrogens is 3.